The molecule has 170 valence electrons. The average Bonchev–Trinajstić information content (AvgIpc) is 3.17. The number of ether oxygens (including phenoxy) is 1. The van der Waals surface area contributed by atoms with Gasteiger partial charge in [0.1, 0.15) is 12.3 Å². The first-order valence-corrected chi connectivity index (χ1v) is 9.98. The Morgan fingerprint density at radius 1 is 1.35 bits per heavy atom. The minimum Gasteiger partial charge on any atom is -0.497 e. The number of anilines is 1. The lowest BCUT2D eigenvalue weighted by atomic mass is 10.1. The van der Waals surface area contributed by atoms with Crippen molar-refractivity contribution >= 4 is 41.5 Å². The van der Waals surface area contributed by atoms with Crippen LogP contribution < -0.4 is 15.0 Å². The summed E-state index contributed by atoms with van der Waals surface area (Å²) in [7, 11) is 9.36. The highest BCUT2D eigenvalue weighted by Crippen LogP contribution is 2.22. The Morgan fingerprint density at radius 3 is 2.71 bits per heavy atom. The first-order valence-electron chi connectivity index (χ1n) is 9.98. The second-order valence-corrected chi connectivity index (χ2v) is 7.52. The first-order chi connectivity index (χ1) is 14.4. The third kappa shape index (κ3) is 6.10. The first kappa shape index (κ1) is 24.9. The Bertz CT molecular complexity index is 899. The normalized spacial score (nSPS) is 15.7. The van der Waals surface area contributed by atoms with E-state index in [1.807, 2.05) is 50.4 Å². The minimum atomic E-state index is 0. The van der Waals surface area contributed by atoms with Gasteiger partial charge in [0.15, 0.2) is 5.96 Å². The number of rotatable bonds is 6. The summed E-state index contributed by atoms with van der Waals surface area (Å²) < 4.78 is 7.07. The van der Waals surface area contributed by atoms with Crippen molar-refractivity contribution < 1.29 is 9.53 Å². The number of carbonyl (C=O) groups excluding carboxylic acids is 1. The lowest BCUT2D eigenvalue weighted by Crippen LogP contribution is -2.56. The molecule has 31 heavy (non-hydrogen) atoms. The van der Waals surface area contributed by atoms with E-state index in [-0.39, 0.29) is 42.5 Å². The number of aliphatic imine (C=N–C) groups is 1. The molecular formula is C21H32IN7O2. The number of carbonyl (C=O) groups is 1. The van der Waals surface area contributed by atoms with E-state index in [4.69, 9.17) is 4.74 Å². The fourth-order valence-corrected chi connectivity index (χ4v) is 3.64. The number of aryl methyl sites for hydroxylation is 1. The zero-order valence-electron chi connectivity index (χ0n) is 18.8. The highest BCUT2D eigenvalue weighted by atomic mass is 127. The maximum Gasteiger partial charge on any atom is 0.246 e. The van der Waals surface area contributed by atoms with Crippen molar-refractivity contribution in [2.45, 2.75) is 6.04 Å². The summed E-state index contributed by atoms with van der Waals surface area (Å²) in [6.07, 6.45) is 3.58. The summed E-state index contributed by atoms with van der Waals surface area (Å²) in [5.74, 6) is 1.60. The van der Waals surface area contributed by atoms with Crippen LogP contribution in [-0.2, 0) is 11.8 Å². The van der Waals surface area contributed by atoms with E-state index < -0.39 is 0 Å². The molecule has 10 heteroatoms. The largest absolute Gasteiger partial charge is 0.497 e. The summed E-state index contributed by atoms with van der Waals surface area (Å²) in [5.41, 5.74) is 1.98. The van der Waals surface area contributed by atoms with Crippen LogP contribution in [0.2, 0.25) is 0 Å². The van der Waals surface area contributed by atoms with Crippen LogP contribution in [0, 0.1) is 0 Å². The van der Waals surface area contributed by atoms with Gasteiger partial charge in [0.2, 0.25) is 5.91 Å². The Labute approximate surface area is 201 Å². The number of nitrogens with one attached hydrogen (secondary N) is 1. The standard InChI is InChI=1S/C21H31N7O2.HI/c1-22-21(23-13-19(25(2)3)16-7-6-8-18(11-16)30-5)27-9-10-28(20(29)15-27)17-12-24-26(4)14-17;/h6-8,11-12,14,19H,9-10,13,15H2,1-5H3,(H,22,23);1H. The average molecular weight is 541 g/mol. The molecule has 9 nitrogen and oxygen atoms in total. The predicted octanol–water partition coefficient (Wildman–Crippen LogP) is 1.57. The quantitative estimate of drug-likeness (QED) is 0.340. The number of likely N-dealkylation sites (N-methyl/N-ethyl adjacent to an activating group) is 1. The molecule has 3 rings (SSSR count). The van der Waals surface area contributed by atoms with Gasteiger partial charge < -0.3 is 24.8 Å². The summed E-state index contributed by atoms with van der Waals surface area (Å²) >= 11 is 0. The van der Waals surface area contributed by atoms with Crippen LogP contribution in [0.15, 0.2) is 41.7 Å². The van der Waals surface area contributed by atoms with E-state index in [1.165, 1.54) is 0 Å². The number of amides is 1. The van der Waals surface area contributed by atoms with Crippen LogP contribution in [0.3, 0.4) is 0 Å². The van der Waals surface area contributed by atoms with Crippen molar-refractivity contribution in [3.8, 4) is 5.75 Å². The molecule has 1 N–H and O–H groups in total. The third-order valence-corrected chi connectivity index (χ3v) is 5.29. The number of guanidine groups is 1. The van der Waals surface area contributed by atoms with Crippen LogP contribution in [0.5, 0.6) is 5.75 Å². The Morgan fingerprint density at radius 2 is 2.13 bits per heavy atom. The fourth-order valence-electron chi connectivity index (χ4n) is 3.64. The van der Waals surface area contributed by atoms with E-state index >= 15 is 0 Å². The predicted molar refractivity (Wildman–Crippen MR) is 133 cm³/mol. The Kier molecular flexibility index (Phi) is 9.11. The molecule has 1 aliphatic heterocycles. The molecule has 1 unspecified atom stereocenters. The molecule has 1 aliphatic rings. The van der Waals surface area contributed by atoms with Crippen molar-refractivity contribution in [2.75, 3.05) is 59.3 Å². The number of hydrogen-bond acceptors (Lipinski definition) is 5. The van der Waals surface area contributed by atoms with E-state index in [0.29, 0.717) is 19.6 Å². The van der Waals surface area contributed by atoms with Crippen LogP contribution >= 0.6 is 24.0 Å². The lowest BCUT2D eigenvalue weighted by Gasteiger charge is -2.36. The molecule has 0 spiro atoms. The monoisotopic (exact) mass is 541 g/mol. The summed E-state index contributed by atoms with van der Waals surface area (Å²) in [5, 5.41) is 7.60. The summed E-state index contributed by atoms with van der Waals surface area (Å²) in [4.78, 5) is 23.0. The van der Waals surface area contributed by atoms with Crippen LogP contribution in [0.25, 0.3) is 0 Å². The smallest absolute Gasteiger partial charge is 0.246 e. The van der Waals surface area contributed by atoms with E-state index in [9.17, 15) is 4.79 Å². The topological polar surface area (TPSA) is 78.2 Å². The SMILES string of the molecule is CN=C(NCC(c1cccc(OC)c1)N(C)C)N1CCN(c2cnn(C)c2)C(=O)C1.I. The van der Waals surface area contributed by atoms with Crippen LogP contribution in [-0.4, -0.2) is 85.9 Å². The minimum absolute atomic E-state index is 0. The van der Waals surface area contributed by atoms with Gasteiger partial charge in [-0.25, -0.2) is 0 Å². The molecule has 0 saturated carbocycles. The van der Waals surface area contributed by atoms with Crippen molar-refractivity contribution in [1.82, 2.24) is 24.9 Å². The van der Waals surface area contributed by atoms with E-state index in [1.54, 1.807) is 29.9 Å². The third-order valence-electron chi connectivity index (χ3n) is 5.29. The molecule has 0 bridgehead atoms. The van der Waals surface area contributed by atoms with Gasteiger partial charge in [0.05, 0.1) is 25.0 Å². The Balaban J connectivity index is 0.00000341. The zero-order valence-corrected chi connectivity index (χ0v) is 21.1. The second kappa shape index (κ2) is 11.3. The second-order valence-electron chi connectivity index (χ2n) is 7.52. The molecule has 1 amide bonds. The maximum absolute atomic E-state index is 12.7. The van der Waals surface area contributed by atoms with E-state index in [2.05, 4.69) is 26.4 Å². The van der Waals surface area contributed by atoms with Gasteiger partial charge in [-0.05, 0) is 31.8 Å². The van der Waals surface area contributed by atoms with Gasteiger partial charge in [0.25, 0.3) is 0 Å². The summed E-state index contributed by atoms with van der Waals surface area (Å²) in [6, 6.07) is 8.20. The van der Waals surface area contributed by atoms with Gasteiger partial charge in [-0.1, -0.05) is 12.1 Å². The molecule has 1 aromatic carbocycles. The number of hydrogen-bond donors (Lipinski definition) is 1. The van der Waals surface area contributed by atoms with Gasteiger partial charge in [0, 0.05) is 39.9 Å². The summed E-state index contributed by atoms with van der Waals surface area (Å²) in [6.45, 7) is 2.23. The highest BCUT2D eigenvalue weighted by Gasteiger charge is 2.28. The molecule has 2 heterocycles. The molecule has 1 aromatic heterocycles. The van der Waals surface area contributed by atoms with Crippen LogP contribution in [0.1, 0.15) is 11.6 Å². The van der Waals surface area contributed by atoms with Crippen molar-refractivity contribution in [3.05, 3.63) is 42.2 Å². The fraction of sp³-hybridized carbons (Fsp3) is 0.476. The Hall–Kier alpha value is -2.34. The van der Waals surface area contributed by atoms with Crippen molar-refractivity contribution in [3.63, 3.8) is 0 Å². The molecule has 2 aromatic rings. The van der Waals surface area contributed by atoms with Gasteiger partial charge in [-0.2, -0.15) is 5.10 Å². The van der Waals surface area contributed by atoms with Crippen LogP contribution in [0.4, 0.5) is 5.69 Å². The number of nitrogens with zero attached hydrogens (tertiary/aromatic N) is 6. The molecule has 1 atom stereocenters. The number of halogens is 1. The molecular weight excluding hydrogens is 509 g/mol. The molecule has 0 aliphatic carbocycles. The van der Waals surface area contributed by atoms with Crippen molar-refractivity contribution in [2.24, 2.45) is 12.0 Å². The number of benzene rings is 1. The van der Waals surface area contributed by atoms with Gasteiger partial charge in [-0.15, -0.1) is 24.0 Å². The number of aromatic nitrogens is 2. The highest BCUT2D eigenvalue weighted by molar-refractivity contribution is 14.0. The van der Waals surface area contributed by atoms with Gasteiger partial charge >= 0.3 is 0 Å². The zero-order chi connectivity index (χ0) is 21.7. The number of methoxy groups -OCH3 is 1. The van der Waals surface area contributed by atoms with Gasteiger partial charge in [-0.3, -0.25) is 14.5 Å². The molecule has 1 saturated heterocycles. The molecule has 0 radical (unpaired) electrons. The maximum atomic E-state index is 12.7. The number of piperazine rings is 1. The molecule has 1 fully saturated rings. The van der Waals surface area contributed by atoms with Crippen molar-refractivity contribution in [1.29, 1.82) is 0 Å². The lowest BCUT2D eigenvalue weighted by molar-refractivity contribution is -0.120. The van der Waals surface area contributed by atoms with E-state index in [0.717, 1.165) is 23.0 Å².